The zero-order valence-electron chi connectivity index (χ0n) is 10.8. The zero-order chi connectivity index (χ0) is 11.9. The van der Waals surface area contributed by atoms with Gasteiger partial charge in [-0.05, 0) is 24.8 Å². The van der Waals surface area contributed by atoms with Crippen molar-refractivity contribution in [2.45, 2.75) is 41.0 Å². The van der Waals surface area contributed by atoms with E-state index in [0.717, 1.165) is 19.6 Å². The molecule has 1 unspecified atom stereocenters. The van der Waals surface area contributed by atoms with Gasteiger partial charge in [-0.3, -0.25) is 4.79 Å². The summed E-state index contributed by atoms with van der Waals surface area (Å²) < 4.78 is 0. The number of nitrogens with one attached hydrogen (secondary N) is 2. The van der Waals surface area contributed by atoms with Gasteiger partial charge in [0, 0.05) is 19.5 Å². The summed E-state index contributed by atoms with van der Waals surface area (Å²) in [6, 6.07) is 0. The Morgan fingerprint density at radius 2 is 1.93 bits per heavy atom. The molecule has 15 heavy (non-hydrogen) atoms. The van der Waals surface area contributed by atoms with E-state index in [1.165, 1.54) is 0 Å². The molecule has 0 aromatic rings. The maximum atomic E-state index is 11.1. The lowest BCUT2D eigenvalue weighted by molar-refractivity contribution is -0.120. The van der Waals surface area contributed by atoms with Crippen molar-refractivity contribution < 1.29 is 4.79 Å². The van der Waals surface area contributed by atoms with Crippen molar-refractivity contribution in [1.82, 2.24) is 10.6 Å². The minimum atomic E-state index is 0.133. The molecule has 1 atom stereocenters. The van der Waals surface area contributed by atoms with Crippen molar-refractivity contribution in [3.8, 4) is 0 Å². The van der Waals surface area contributed by atoms with Crippen LogP contribution in [0.1, 0.15) is 41.0 Å². The Morgan fingerprint density at radius 1 is 1.33 bits per heavy atom. The number of carbonyl (C=O) groups is 1. The topological polar surface area (TPSA) is 41.1 Å². The fourth-order valence-electron chi connectivity index (χ4n) is 1.11. The fourth-order valence-corrected chi connectivity index (χ4v) is 1.11. The molecule has 3 nitrogen and oxygen atoms in total. The molecule has 3 heteroatoms. The van der Waals surface area contributed by atoms with Crippen molar-refractivity contribution in [2.75, 3.05) is 19.6 Å². The second-order valence-electron chi connectivity index (χ2n) is 5.17. The predicted octanol–water partition coefficient (Wildman–Crippen LogP) is 1.78. The van der Waals surface area contributed by atoms with Crippen LogP contribution in [-0.4, -0.2) is 25.5 Å². The molecule has 0 aliphatic heterocycles. The Hall–Kier alpha value is -0.570. The van der Waals surface area contributed by atoms with Gasteiger partial charge in [-0.2, -0.15) is 0 Å². The molecule has 0 spiro atoms. The highest BCUT2D eigenvalue weighted by Crippen LogP contribution is 2.24. The lowest BCUT2D eigenvalue weighted by Gasteiger charge is -2.27. The van der Waals surface area contributed by atoms with E-state index in [2.05, 4.69) is 38.3 Å². The van der Waals surface area contributed by atoms with Gasteiger partial charge >= 0.3 is 0 Å². The molecule has 90 valence electrons. The lowest BCUT2D eigenvalue weighted by atomic mass is 9.82. The normalized spacial score (nSPS) is 13.7. The summed E-state index contributed by atoms with van der Waals surface area (Å²) in [7, 11) is 0. The molecule has 0 rings (SSSR count). The van der Waals surface area contributed by atoms with Crippen LogP contribution in [0.25, 0.3) is 0 Å². The fraction of sp³-hybridized carbons (Fsp3) is 0.917. The largest absolute Gasteiger partial charge is 0.356 e. The van der Waals surface area contributed by atoms with Crippen LogP contribution >= 0.6 is 0 Å². The van der Waals surface area contributed by atoms with Gasteiger partial charge in [-0.15, -0.1) is 0 Å². The average Bonchev–Trinajstić information content (AvgIpc) is 2.11. The van der Waals surface area contributed by atoms with E-state index in [1.54, 1.807) is 0 Å². The van der Waals surface area contributed by atoms with Crippen LogP contribution < -0.4 is 10.6 Å². The minimum absolute atomic E-state index is 0.133. The summed E-state index contributed by atoms with van der Waals surface area (Å²) in [5, 5.41) is 6.11. The quantitative estimate of drug-likeness (QED) is 0.662. The van der Waals surface area contributed by atoms with Crippen molar-refractivity contribution in [1.29, 1.82) is 0 Å². The Morgan fingerprint density at radius 3 is 2.40 bits per heavy atom. The van der Waals surface area contributed by atoms with Crippen molar-refractivity contribution in [2.24, 2.45) is 11.3 Å². The molecule has 0 heterocycles. The van der Waals surface area contributed by atoms with Crippen molar-refractivity contribution in [3.05, 3.63) is 0 Å². The van der Waals surface area contributed by atoms with E-state index in [1.807, 2.05) is 6.92 Å². The van der Waals surface area contributed by atoms with Gasteiger partial charge in [0.05, 0.1) is 0 Å². The summed E-state index contributed by atoms with van der Waals surface area (Å²) in [6.07, 6.45) is 0.574. The molecule has 0 aliphatic rings. The number of rotatable bonds is 6. The lowest BCUT2D eigenvalue weighted by Crippen LogP contribution is -2.32. The molecule has 0 aliphatic carbocycles. The van der Waals surface area contributed by atoms with Gasteiger partial charge in [-0.25, -0.2) is 0 Å². The first kappa shape index (κ1) is 14.4. The van der Waals surface area contributed by atoms with E-state index < -0.39 is 0 Å². The van der Waals surface area contributed by atoms with Crippen LogP contribution in [0.15, 0.2) is 0 Å². The smallest absolute Gasteiger partial charge is 0.221 e. The van der Waals surface area contributed by atoms with Crippen molar-refractivity contribution >= 4 is 5.91 Å². The molecule has 0 fully saturated rings. The monoisotopic (exact) mass is 214 g/mol. The van der Waals surface area contributed by atoms with E-state index in [0.29, 0.717) is 17.8 Å². The highest BCUT2D eigenvalue weighted by molar-refractivity contribution is 5.75. The Bertz CT molecular complexity index is 185. The highest BCUT2D eigenvalue weighted by Gasteiger charge is 2.18. The first-order chi connectivity index (χ1) is 6.88. The number of carbonyl (C=O) groups excluding carboxylic acids is 1. The second-order valence-corrected chi connectivity index (χ2v) is 5.17. The second kappa shape index (κ2) is 6.83. The van der Waals surface area contributed by atoms with Gasteiger partial charge < -0.3 is 10.6 Å². The van der Waals surface area contributed by atoms with E-state index in [-0.39, 0.29) is 5.91 Å². The van der Waals surface area contributed by atoms with Gasteiger partial charge in [0.25, 0.3) is 0 Å². The third kappa shape index (κ3) is 7.37. The number of hydrogen-bond donors (Lipinski definition) is 2. The van der Waals surface area contributed by atoms with Gasteiger partial charge in [0.15, 0.2) is 0 Å². The van der Waals surface area contributed by atoms with Gasteiger partial charge in [0.2, 0.25) is 5.91 Å². The Labute approximate surface area is 94.0 Å². The average molecular weight is 214 g/mol. The number of hydrogen-bond acceptors (Lipinski definition) is 2. The summed E-state index contributed by atoms with van der Waals surface area (Å²) in [6.45, 7) is 13.4. The van der Waals surface area contributed by atoms with Crippen molar-refractivity contribution in [3.63, 3.8) is 0 Å². The molecule has 0 bridgehead atoms. The molecular weight excluding hydrogens is 188 g/mol. The third-order valence-electron chi connectivity index (χ3n) is 2.83. The molecule has 1 amide bonds. The first-order valence-corrected chi connectivity index (χ1v) is 5.85. The predicted molar refractivity (Wildman–Crippen MR) is 64.8 cm³/mol. The maximum Gasteiger partial charge on any atom is 0.221 e. The van der Waals surface area contributed by atoms with Crippen LogP contribution in [0, 0.1) is 11.3 Å². The minimum Gasteiger partial charge on any atom is -0.356 e. The van der Waals surface area contributed by atoms with Crippen LogP contribution in [0.4, 0.5) is 0 Å². The SMILES string of the molecule is CCNC(=O)CCNCC(C)C(C)(C)C. The molecule has 0 radical (unpaired) electrons. The third-order valence-corrected chi connectivity index (χ3v) is 2.83. The van der Waals surface area contributed by atoms with Gasteiger partial charge in [0.1, 0.15) is 0 Å². The van der Waals surface area contributed by atoms with E-state index in [9.17, 15) is 4.79 Å². The van der Waals surface area contributed by atoms with Crippen LogP contribution in [0.3, 0.4) is 0 Å². The summed E-state index contributed by atoms with van der Waals surface area (Å²) >= 11 is 0. The van der Waals surface area contributed by atoms with Crippen LogP contribution in [0.2, 0.25) is 0 Å². The number of amides is 1. The zero-order valence-corrected chi connectivity index (χ0v) is 10.8. The molecule has 2 N–H and O–H groups in total. The molecule has 0 aromatic heterocycles. The Kier molecular flexibility index (Phi) is 6.57. The first-order valence-electron chi connectivity index (χ1n) is 5.85. The van der Waals surface area contributed by atoms with E-state index in [4.69, 9.17) is 0 Å². The standard InChI is InChI=1S/C12H26N2O/c1-6-14-11(15)7-8-13-9-10(2)12(3,4)5/h10,13H,6-9H2,1-5H3,(H,14,15). The summed E-state index contributed by atoms with van der Waals surface area (Å²) in [4.78, 5) is 11.1. The van der Waals surface area contributed by atoms with Crippen LogP contribution in [0.5, 0.6) is 0 Å². The maximum absolute atomic E-state index is 11.1. The molecular formula is C12H26N2O. The Balaban J connectivity index is 3.51. The summed E-state index contributed by atoms with van der Waals surface area (Å²) in [5.74, 6) is 0.750. The summed E-state index contributed by atoms with van der Waals surface area (Å²) in [5.41, 5.74) is 0.332. The molecule has 0 saturated heterocycles. The van der Waals surface area contributed by atoms with Gasteiger partial charge in [-0.1, -0.05) is 27.7 Å². The molecule has 0 aromatic carbocycles. The molecule has 0 saturated carbocycles. The van der Waals surface area contributed by atoms with E-state index >= 15 is 0 Å². The van der Waals surface area contributed by atoms with Crippen LogP contribution in [-0.2, 0) is 4.79 Å². The highest BCUT2D eigenvalue weighted by atomic mass is 16.1.